The molecule has 3 heterocycles. The molecule has 0 spiro atoms. The monoisotopic (exact) mass is 472 g/mol. The van der Waals surface area contributed by atoms with Crippen molar-refractivity contribution in [3.63, 3.8) is 0 Å². The van der Waals surface area contributed by atoms with Crippen LogP contribution in [0.3, 0.4) is 0 Å². The van der Waals surface area contributed by atoms with Gasteiger partial charge in [-0.3, -0.25) is 0 Å². The number of ether oxygens (including phenoxy) is 1. The number of hydrogen-bond donors (Lipinski definition) is 0. The zero-order valence-electron chi connectivity index (χ0n) is 20.0. The maximum Gasteiger partial charge on any atom is 0.142 e. The molecule has 0 saturated carbocycles. The number of likely N-dealkylation sites (N-methyl/N-ethyl adjacent to an activating group) is 1. The number of fused-ring (bicyclic) bond motifs is 1. The van der Waals surface area contributed by atoms with Crippen LogP contribution in [0.2, 0.25) is 0 Å². The summed E-state index contributed by atoms with van der Waals surface area (Å²) in [4.78, 5) is 16.3. The predicted molar refractivity (Wildman–Crippen MR) is 142 cm³/mol. The van der Waals surface area contributed by atoms with Gasteiger partial charge >= 0.3 is 0 Å². The highest BCUT2D eigenvalue weighted by Crippen LogP contribution is 2.33. The first-order valence-corrected chi connectivity index (χ1v) is 13.0. The molecule has 1 saturated heterocycles. The number of hydrogen-bond acceptors (Lipinski definition) is 6. The number of pyridine rings is 1. The van der Waals surface area contributed by atoms with E-state index in [0.29, 0.717) is 13.2 Å². The lowest BCUT2D eigenvalue weighted by Crippen LogP contribution is -2.46. The van der Waals surface area contributed by atoms with Crippen molar-refractivity contribution in [1.82, 2.24) is 14.9 Å². The number of aryl methyl sites for hydroxylation is 1. The zero-order valence-corrected chi connectivity index (χ0v) is 20.9. The van der Waals surface area contributed by atoms with Gasteiger partial charge in [0.25, 0.3) is 0 Å². The molecule has 5 rings (SSSR count). The van der Waals surface area contributed by atoms with Crippen LogP contribution in [-0.4, -0.2) is 54.2 Å². The molecule has 0 aliphatic carbocycles. The standard InChI is InChI=1S/C28H32N4OS/c1-3-31-14-16-32(17-15-31)27-24-12-8-7-11-23(24)19-25(30-27)28-29-21(2)26(34-28)13-18-33-20-22-9-5-4-6-10-22/h4-12,19H,3,13-18,20H2,1-2H3. The third-order valence-electron chi connectivity index (χ3n) is 6.54. The van der Waals surface area contributed by atoms with E-state index in [2.05, 4.69) is 66.1 Å². The lowest BCUT2D eigenvalue weighted by atomic mass is 10.1. The van der Waals surface area contributed by atoms with E-state index in [9.17, 15) is 0 Å². The highest BCUT2D eigenvalue weighted by atomic mass is 32.1. The maximum absolute atomic E-state index is 5.92. The summed E-state index contributed by atoms with van der Waals surface area (Å²) < 4.78 is 5.92. The number of benzene rings is 2. The first-order chi connectivity index (χ1) is 16.7. The second-order valence-corrected chi connectivity index (χ2v) is 9.87. The lowest BCUT2D eigenvalue weighted by Gasteiger charge is -2.35. The van der Waals surface area contributed by atoms with Gasteiger partial charge in [0.05, 0.1) is 18.9 Å². The third kappa shape index (κ3) is 5.14. The second kappa shape index (κ2) is 10.6. The van der Waals surface area contributed by atoms with Crippen molar-refractivity contribution in [1.29, 1.82) is 0 Å². The number of nitrogens with zero attached hydrogens (tertiary/aromatic N) is 4. The van der Waals surface area contributed by atoms with E-state index in [1.54, 1.807) is 11.3 Å². The van der Waals surface area contributed by atoms with Crippen molar-refractivity contribution in [2.24, 2.45) is 0 Å². The molecule has 2 aromatic carbocycles. The van der Waals surface area contributed by atoms with E-state index >= 15 is 0 Å². The first-order valence-electron chi connectivity index (χ1n) is 12.2. The molecule has 0 radical (unpaired) electrons. The average molecular weight is 473 g/mol. The minimum absolute atomic E-state index is 0.645. The van der Waals surface area contributed by atoms with E-state index in [-0.39, 0.29) is 0 Å². The summed E-state index contributed by atoms with van der Waals surface area (Å²) in [7, 11) is 0. The number of anilines is 1. The molecule has 6 heteroatoms. The van der Waals surface area contributed by atoms with Crippen LogP contribution in [-0.2, 0) is 17.8 Å². The summed E-state index contributed by atoms with van der Waals surface area (Å²) in [5.41, 5.74) is 3.25. The highest BCUT2D eigenvalue weighted by Gasteiger charge is 2.21. The number of aromatic nitrogens is 2. The summed E-state index contributed by atoms with van der Waals surface area (Å²) in [5, 5.41) is 3.44. The summed E-state index contributed by atoms with van der Waals surface area (Å²) in [6, 6.07) is 21.1. The minimum atomic E-state index is 0.645. The van der Waals surface area contributed by atoms with Crippen molar-refractivity contribution >= 4 is 27.9 Å². The largest absolute Gasteiger partial charge is 0.376 e. The molecule has 0 N–H and O–H groups in total. The molecule has 4 aromatic rings. The van der Waals surface area contributed by atoms with Crippen LogP contribution in [0.4, 0.5) is 5.82 Å². The van der Waals surface area contributed by atoms with Crippen LogP contribution in [0.1, 0.15) is 23.1 Å². The molecular weight excluding hydrogens is 440 g/mol. The maximum atomic E-state index is 5.92. The molecule has 0 amide bonds. The van der Waals surface area contributed by atoms with E-state index in [1.807, 2.05) is 18.2 Å². The molecule has 1 aliphatic heterocycles. The Morgan fingerprint density at radius 1 is 0.941 bits per heavy atom. The molecule has 1 fully saturated rings. The van der Waals surface area contributed by atoms with Gasteiger partial charge in [-0.05, 0) is 30.5 Å². The van der Waals surface area contributed by atoms with Crippen LogP contribution in [0.5, 0.6) is 0 Å². The van der Waals surface area contributed by atoms with Crippen LogP contribution in [0, 0.1) is 6.92 Å². The Hall–Kier alpha value is -2.80. The van der Waals surface area contributed by atoms with Crippen LogP contribution < -0.4 is 4.90 Å². The quantitative estimate of drug-likeness (QED) is 0.314. The van der Waals surface area contributed by atoms with Gasteiger partial charge in [-0.15, -0.1) is 11.3 Å². The van der Waals surface area contributed by atoms with Crippen LogP contribution in [0.15, 0.2) is 60.7 Å². The fraction of sp³-hybridized carbons (Fsp3) is 0.357. The third-order valence-corrected chi connectivity index (χ3v) is 7.78. The first kappa shape index (κ1) is 23.0. The summed E-state index contributed by atoms with van der Waals surface area (Å²) >= 11 is 1.75. The molecule has 5 nitrogen and oxygen atoms in total. The lowest BCUT2D eigenvalue weighted by molar-refractivity contribution is 0.124. The molecule has 0 bridgehead atoms. The van der Waals surface area contributed by atoms with Crippen LogP contribution in [0.25, 0.3) is 21.5 Å². The zero-order chi connectivity index (χ0) is 23.3. The van der Waals surface area contributed by atoms with Crippen molar-refractivity contribution in [2.75, 3.05) is 44.2 Å². The molecule has 2 aromatic heterocycles. The van der Waals surface area contributed by atoms with E-state index < -0.39 is 0 Å². The number of piperazine rings is 1. The van der Waals surface area contributed by atoms with Gasteiger partial charge < -0.3 is 14.5 Å². The Morgan fingerprint density at radius 2 is 1.71 bits per heavy atom. The molecule has 1 aliphatic rings. The molecule has 34 heavy (non-hydrogen) atoms. The Morgan fingerprint density at radius 3 is 2.50 bits per heavy atom. The number of thiazole rings is 1. The predicted octanol–water partition coefficient (Wildman–Crippen LogP) is 5.57. The fourth-order valence-corrected chi connectivity index (χ4v) is 5.51. The van der Waals surface area contributed by atoms with E-state index in [4.69, 9.17) is 14.7 Å². The van der Waals surface area contributed by atoms with Crippen molar-refractivity contribution in [2.45, 2.75) is 26.9 Å². The van der Waals surface area contributed by atoms with Gasteiger partial charge in [-0.1, -0.05) is 61.5 Å². The Labute approximate surface area is 206 Å². The highest BCUT2D eigenvalue weighted by molar-refractivity contribution is 7.15. The van der Waals surface area contributed by atoms with Gasteiger partial charge in [0.2, 0.25) is 0 Å². The minimum Gasteiger partial charge on any atom is -0.376 e. The average Bonchev–Trinajstić information content (AvgIpc) is 3.27. The van der Waals surface area contributed by atoms with E-state index in [0.717, 1.165) is 61.4 Å². The van der Waals surface area contributed by atoms with Crippen molar-refractivity contribution < 1.29 is 4.74 Å². The molecule has 176 valence electrons. The SMILES string of the molecule is CCN1CCN(c2nc(-c3nc(C)c(CCOCc4ccccc4)s3)cc3ccccc23)CC1. The van der Waals surface area contributed by atoms with Crippen LogP contribution >= 0.6 is 11.3 Å². The number of rotatable bonds is 8. The van der Waals surface area contributed by atoms with Crippen molar-refractivity contribution in [3.05, 3.63) is 76.8 Å². The normalized spacial score (nSPS) is 14.7. The Bertz CT molecular complexity index is 1230. The Balaban J connectivity index is 1.35. The summed E-state index contributed by atoms with van der Waals surface area (Å²) in [5.74, 6) is 1.09. The molecule has 0 atom stereocenters. The van der Waals surface area contributed by atoms with Gasteiger partial charge in [-0.2, -0.15) is 0 Å². The van der Waals surface area contributed by atoms with Crippen molar-refractivity contribution in [3.8, 4) is 10.7 Å². The van der Waals surface area contributed by atoms with E-state index in [1.165, 1.54) is 21.2 Å². The van der Waals surface area contributed by atoms with Gasteiger partial charge in [0.1, 0.15) is 16.5 Å². The molecular formula is C28H32N4OS. The topological polar surface area (TPSA) is 41.5 Å². The Kier molecular flexibility index (Phi) is 7.19. The summed E-state index contributed by atoms with van der Waals surface area (Å²) in [6.07, 6.45) is 0.871. The summed E-state index contributed by atoms with van der Waals surface area (Å²) in [6.45, 7) is 11.0. The van der Waals surface area contributed by atoms with Gasteiger partial charge in [0.15, 0.2) is 0 Å². The van der Waals surface area contributed by atoms with Gasteiger partial charge in [0, 0.05) is 42.9 Å². The fourth-order valence-electron chi connectivity index (χ4n) is 4.51. The second-order valence-electron chi connectivity index (χ2n) is 8.79. The smallest absolute Gasteiger partial charge is 0.142 e. The van der Waals surface area contributed by atoms with Gasteiger partial charge in [-0.25, -0.2) is 9.97 Å². The molecule has 0 unspecified atom stereocenters.